The summed E-state index contributed by atoms with van der Waals surface area (Å²) in [5.74, 6) is 0.0630. The second-order valence-corrected chi connectivity index (χ2v) is 9.72. The lowest BCUT2D eigenvalue weighted by Gasteiger charge is -2.64. The van der Waals surface area contributed by atoms with Gasteiger partial charge in [-0.2, -0.15) is 0 Å². The van der Waals surface area contributed by atoms with Crippen LogP contribution < -0.4 is 0 Å². The Labute approximate surface area is 173 Å². The van der Waals surface area contributed by atoms with Crippen LogP contribution >= 0.6 is 0 Å². The van der Waals surface area contributed by atoms with Crippen LogP contribution in [0.5, 0.6) is 0 Å². The minimum Gasteiger partial charge on any atom is -0.458 e. The number of ether oxygens (including phenoxy) is 5. The van der Waals surface area contributed by atoms with E-state index in [-0.39, 0.29) is 25.3 Å². The molecule has 0 amide bonds. The van der Waals surface area contributed by atoms with Crippen LogP contribution in [-0.2, 0) is 28.5 Å². The summed E-state index contributed by atoms with van der Waals surface area (Å²) in [5, 5.41) is 0. The first-order chi connectivity index (χ1) is 13.6. The third-order valence-corrected chi connectivity index (χ3v) is 6.88. The van der Waals surface area contributed by atoms with E-state index in [9.17, 15) is 9.59 Å². The van der Waals surface area contributed by atoms with Crippen molar-refractivity contribution >= 4 is 12.1 Å². The van der Waals surface area contributed by atoms with Gasteiger partial charge < -0.3 is 23.7 Å². The van der Waals surface area contributed by atoms with Crippen LogP contribution in [0.25, 0.3) is 0 Å². The number of hydrogen-bond acceptors (Lipinski definition) is 7. The molecule has 7 nitrogen and oxygen atoms in total. The number of esters is 1. The smallest absolute Gasteiger partial charge is 0.458 e. The molecule has 4 atom stereocenters. The van der Waals surface area contributed by atoms with Gasteiger partial charge in [0.2, 0.25) is 0 Å². The molecular weight excluding hydrogens is 376 g/mol. The van der Waals surface area contributed by atoms with Gasteiger partial charge in [0.25, 0.3) is 0 Å². The van der Waals surface area contributed by atoms with Gasteiger partial charge in [-0.15, -0.1) is 0 Å². The molecule has 0 aromatic carbocycles. The van der Waals surface area contributed by atoms with E-state index in [1.165, 1.54) is 0 Å². The first kappa shape index (κ1) is 22.3. The Kier molecular flexibility index (Phi) is 6.21. The Balaban J connectivity index is 1.87. The monoisotopic (exact) mass is 412 g/mol. The van der Waals surface area contributed by atoms with Crippen LogP contribution in [0.1, 0.15) is 79.6 Å². The molecule has 0 N–H and O–H groups in total. The van der Waals surface area contributed by atoms with Gasteiger partial charge in [0.1, 0.15) is 18.0 Å². The Bertz CT molecular complexity index is 633. The molecule has 4 fully saturated rings. The summed E-state index contributed by atoms with van der Waals surface area (Å²) < 4.78 is 28.8. The van der Waals surface area contributed by atoms with Crippen molar-refractivity contribution in [3.05, 3.63) is 0 Å². The van der Waals surface area contributed by atoms with Gasteiger partial charge in [0.15, 0.2) is 0 Å². The fourth-order valence-corrected chi connectivity index (χ4v) is 5.62. The van der Waals surface area contributed by atoms with Crippen molar-refractivity contribution in [2.75, 3.05) is 20.0 Å². The summed E-state index contributed by atoms with van der Waals surface area (Å²) in [7, 11) is 0. The van der Waals surface area contributed by atoms with E-state index in [1.807, 2.05) is 27.7 Å². The molecule has 4 aliphatic carbocycles. The fourth-order valence-electron chi connectivity index (χ4n) is 5.62. The summed E-state index contributed by atoms with van der Waals surface area (Å²) in [6, 6.07) is 0. The summed E-state index contributed by atoms with van der Waals surface area (Å²) in [6.07, 6.45) is 4.13. The third kappa shape index (κ3) is 4.55. The molecule has 0 saturated heterocycles. The minimum absolute atomic E-state index is 0.184. The summed E-state index contributed by atoms with van der Waals surface area (Å²) in [5.41, 5.74) is -2.48. The lowest BCUT2D eigenvalue weighted by atomic mass is 9.50. The Hall–Kier alpha value is -1.34. The molecule has 4 bridgehead atoms. The van der Waals surface area contributed by atoms with E-state index < -0.39 is 28.4 Å². The second kappa shape index (κ2) is 8.06. The molecule has 0 radical (unpaired) electrons. The summed E-state index contributed by atoms with van der Waals surface area (Å²) >= 11 is 0. The van der Waals surface area contributed by atoms with Gasteiger partial charge in [-0.05, 0) is 59.3 Å². The SMILES string of the molecule is CCOCOC12CC3CC(OC(=O)OCC)(C1)CC(OC(=O)C(C)(C)CC)(C3)C2. The largest absolute Gasteiger partial charge is 0.508 e. The zero-order chi connectivity index (χ0) is 21.3. The van der Waals surface area contributed by atoms with Crippen molar-refractivity contribution in [1.82, 2.24) is 0 Å². The topological polar surface area (TPSA) is 80.3 Å². The molecular formula is C22H36O7. The fraction of sp³-hybridized carbons (Fsp3) is 0.909. The summed E-state index contributed by atoms with van der Waals surface area (Å²) in [6.45, 7) is 10.5. The second-order valence-electron chi connectivity index (χ2n) is 9.72. The van der Waals surface area contributed by atoms with Crippen molar-refractivity contribution < 1.29 is 33.3 Å². The maximum Gasteiger partial charge on any atom is 0.508 e. The lowest BCUT2D eigenvalue weighted by molar-refractivity contribution is -0.291. The molecule has 0 aromatic heterocycles. The summed E-state index contributed by atoms with van der Waals surface area (Å²) in [4.78, 5) is 25.2. The maximum atomic E-state index is 13.0. The van der Waals surface area contributed by atoms with Crippen LogP contribution in [-0.4, -0.2) is 48.9 Å². The molecule has 0 aromatic rings. The molecule has 4 aliphatic rings. The van der Waals surface area contributed by atoms with Crippen molar-refractivity contribution in [3.8, 4) is 0 Å². The number of carbonyl (C=O) groups excluding carboxylic acids is 2. The van der Waals surface area contributed by atoms with Crippen molar-refractivity contribution in [2.45, 2.75) is 96.4 Å². The highest BCUT2D eigenvalue weighted by Crippen LogP contribution is 2.63. The molecule has 166 valence electrons. The van der Waals surface area contributed by atoms with E-state index in [2.05, 4.69) is 0 Å². The van der Waals surface area contributed by atoms with Crippen molar-refractivity contribution in [1.29, 1.82) is 0 Å². The van der Waals surface area contributed by atoms with E-state index in [1.54, 1.807) is 6.92 Å². The number of carbonyl (C=O) groups is 2. The highest BCUT2D eigenvalue weighted by molar-refractivity contribution is 5.76. The van der Waals surface area contributed by atoms with E-state index in [4.69, 9.17) is 23.7 Å². The maximum absolute atomic E-state index is 13.0. The van der Waals surface area contributed by atoms with Crippen LogP contribution in [0.3, 0.4) is 0 Å². The van der Waals surface area contributed by atoms with Crippen molar-refractivity contribution in [2.24, 2.45) is 11.3 Å². The van der Waals surface area contributed by atoms with Gasteiger partial charge in [-0.1, -0.05) is 6.92 Å². The zero-order valence-corrected chi connectivity index (χ0v) is 18.5. The quantitative estimate of drug-likeness (QED) is 0.316. The van der Waals surface area contributed by atoms with Gasteiger partial charge in [0.05, 0.1) is 17.6 Å². The van der Waals surface area contributed by atoms with Gasteiger partial charge in [-0.3, -0.25) is 4.79 Å². The number of rotatable bonds is 9. The average Bonchev–Trinajstić information content (AvgIpc) is 2.59. The van der Waals surface area contributed by atoms with Crippen LogP contribution in [0.15, 0.2) is 0 Å². The van der Waals surface area contributed by atoms with E-state index in [0.29, 0.717) is 32.3 Å². The molecule has 4 saturated carbocycles. The normalized spacial score (nSPS) is 35.4. The van der Waals surface area contributed by atoms with Crippen LogP contribution in [0, 0.1) is 11.3 Å². The molecule has 0 heterocycles. The zero-order valence-electron chi connectivity index (χ0n) is 18.5. The lowest BCUT2D eigenvalue weighted by Crippen LogP contribution is -2.69. The van der Waals surface area contributed by atoms with Gasteiger partial charge in [-0.25, -0.2) is 4.79 Å². The molecule has 0 spiro atoms. The Morgan fingerprint density at radius 1 is 0.897 bits per heavy atom. The first-order valence-electron chi connectivity index (χ1n) is 10.9. The predicted molar refractivity (Wildman–Crippen MR) is 105 cm³/mol. The molecule has 0 aliphatic heterocycles. The third-order valence-electron chi connectivity index (χ3n) is 6.88. The first-order valence-corrected chi connectivity index (χ1v) is 10.9. The minimum atomic E-state index is -0.728. The highest BCUT2D eigenvalue weighted by atomic mass is 16.7. The molecule has 29 heavy (non-hydrogen) atoms. The molecule has 4 rings (SSSR count). The van der Waals surface area contributed by atoms with Crippen LogP contribution in [0.2, 0.25) is 0 Å². The Morgan fingerprint density at radius 2 is 1.48 bits per heavy atom. The van der Waals surface area contributed by atoms with Crippen molar-refractivity contribution in [3.63, 3.8) is 0 Å². The Morgan fingerprint density at radius 3 is 2.07 bits per heavy atom. The molecule has 7 heteroatoms. The van der Waals surface area contributed by atoms with E-state index >= 15 is 0 Å². The van der Waals surface area contributed by atoms with Crippen LogP contribution in [0.4, 0.5) is 4.79 Å². The number of hydrogen-bond donors (Lipinski definition) is 0. The highest BCUT2D eigenvalue weighted by Gasteiger charge is 2.68. The van der Waals surface area contributed by atoms with E-state index in [0.717, 1.165) is 19.3 Å². The molecule has 4 unspecified atom stereocenters. The van der Waals surface area contributed by atoms with Gasteiger partial charge >= 0.3 is 12.1 Å². The predicted octanol–water partition coefficient (Wildman–Crippen LogP) is 4.36. The van der Waals surface area contributed by atoms with Gasteiger partial charge in [0, 0.05) is 25.9 Å². The average molecular weight is 413 g/mol. The standard InChI is InChI=1S/C22H36O7/c1-6-19(4,5)17(23)28-21-10-16-9-20(12-21,27-15-25-7-2)13-22(11-16,14-21)29-18(24)26-8-3/h16H,6-15H2,1-5H3.